The first-order valence-electron chi connectivity index (χ1n) is 8.79. The van der Waals surface area contributed by atoms with Gasteiger partial charge in [0.25, 0.3) is 0 Å². The van der Waals surface area contributed by atoms with Crippen LogP contribution in [0.15, 0.2) is 22.8 Å². The molecule has 130 valence electrons. The molecule has 0 radical (unpaired) electrons. The third-order valence-electron chi connectivity index (χ3n) is 4.80. The van der Waals surface area contributed by atoms with Crippen LogP contribution >= 0.6 is 0 Å². The summed E-state index contributed by atoms with van der Waals surface area (Å²) in [6, 6.07) is 3.79. The van der Waals surface area contributed by atoms with Crippen LogP contribution in [-0.4, -0.2) is 44.0 Å². The van der Waals surface area contributed by atoms with Crippen molar-refractivity contribution in [2.75, 3.05) is 27.2 Å². The molecule has 1 fully saturated rings. The molecule has 1 aromatic rings. The van der Waals surface area contributed by atoms with Gasteiger partial charge in [-0.05, 0) is 51.9 Å². The summed E-state index contributed by atoms with van der Waals surface area (Å²) in [6.07, 6.45) is 8.16. The minimum absolute atomic E-state index is 0.0903. The zero-order chi connectivity index (χ0) is 16.7. The predicted molar refractivity (Wildman–Crippen MR) is 92.2 cm³/mol. The van der Waals surface area contributed by atoms with E-state index in [1.807, 2.05) is 33.2 Å². The first kappa shape index (κ1) is 18.0. The Morgan fingerprint density at radius 1 is 1.35 bits per heavy atom. The fourth-order valence-electron chi connectivity index (χ4n) is 3.19. The quantitative estimate of drug-likeness (QED) is 0.772. The summed E-state index contributed by atoms with van der Waals surface area (Å²) in [4.78, 5) is 14.3. The maximum Gasteiger partial charge on any atom is 0.236 e. The van der Waals surface area contributed by atoms with Gasteiger partial charge >= 0.3 is 0 Å². The van der Waals surface area contributed by atoms with Crippen molar-refractivity contribution in [3.05, 3.63) is 24.2 Å². The van der Waals surface area contributed by atoms with Crippen LogP contribution in [0.2, 0.25) is 0 Å². The standard InChI is InChI=1S/C18H31N3O2/c1-14(18(22)20-12-15-8-5-4-6-9-15)19-13-16(21(2)3)17-10-7-11-23-17/h7,10-11,14-16,19H,4-6,8-9,12-13H2,1-3H3,(H,20,22). The third kappa shape index (κ3) is 5.66. The highest BCUT2D eigenvalue weighted by molar-refractivity contribution is 5.81. The average molecular weight is 321 g/mol. The molecule has 0 bridgehead atoms. The second kappa shape index (κ2) is 9.08. The Kier molecular flexibility index (Phi) is 7.12. The number of furan rings is 1. The second-order valence-electron chi connectivity index (χ2n) is 6.87. The number of nitrogens with zero attached hydrogens (tertiary/aromatic N) is 1. The van der Waals surface area contributed by atoms with Gasteiger partial charge < -0.3 is 15.1 Å². The Hall–Kier alpha value is -1.33. The van der Waals surface area contributed by atoms with E-state index in [-0.39, 0.29) is 18.0 Å². The minimum atomic E-state index is -0.198. The second-order valence-corrected chi connectivity index (χ2v) is 6.87. The van der Waals surface area contributed by atoms with Crippen molar-refractivity contribution in [1.82, 2.24) is 15.5 Å². The zero-order valence-corrected chi connectivity index (χ0v) is 14.7. The van der Waals surface area contributed by atoms with E-state index >= 15 is 0 Å². The highest BCUT2D eigenvalue weighted by Crippen LogP contribution is 2.22. The normalized spacial score (nSPS) is 18.8. The summed E-state index contributed by atoms with van der Waals surface area (Å²) in [5, 5.41) is 6.43. The molecule has 1 heterocycles. The first-order chi connectivity index (χ1) is 11.1. The SMILES string of the molecule is CC(NCC(c1ccco1)N(C)C)C(=O)NCC1CCCCC1. The lowest BCUT2D eigenvalue weighted by Crippen LogP contribution is -2.46. The van der Waals surface area contributed by atoms with Gasteiger partial charge in [-0.1, -0.05) is 19.3 Å². The maximum atomic E-state index is 12.2. The van der Waals surface area contributed by atoms with Crippen molar-refractivity contribution in [1.29, 1.82) is 0 Å². The van der Waals surface area contributed by atoms with E-state index in [9.17, 15) is 4.79 Å². The van der Waals surface area contributed by atoms with Gasteiger partial charge in [-0.25, -0.2) is 0 Å². The molecule has 2 atom stereocenters. The molecule has 5 heteroatoms. The van der Waals surface area contributed by atoms with Gasteiger partial charge in [0.15, 0.2) is 0 Å². The van der Waals surface area contributed by atoms with Crippen LogP contribution in [0.1, 0.15) is 50.8 Å². The highest BCUT2D eigenvalue weighted by atomic mass is 16.3. The van der Waals surface area contributed by atoms with Crippen molar-refractivity contribution in [2.24, 2.45) is 5.92 Å². The first-order valence-corrected chi connectivity index (χ1v) is 8.79. The molecule has 0 spiro atoms. The monoisotopic (exact) mass is 321 g/mol. The molecule has 1 aliphatic rings. The molecule has 5 nitrogen and oxygen atoms in total. The number of amides is 1. The summed E-state index contributed by atoms with van der Waals surface area (Å²) in [6.45, 7) is 3.42. The predicted octanol–water partition coefficient (Wildman–Crippen LogP) is 2.56. The van der Waals surface area contributed by atoms with E-state index < -0.39 is 0 Å². The van der Waals surface area contributed by atoms with E-state index in [0.717, 1.165) is 12.3 Å². The molecule has 23 heavy (non-hydrogen) atoms. The zero-order valence-electron chi connectivity index (χ0n) is 14.7. The molecule has 2 rings (SSSR count). The number of rotatable bonds is 8. The number of hydrogen-bond donors (Lipinski definition) is 2. The molecule has 1 saturated carbocycles. The average Bonchev–Trinajstić information content (AvgIpc) is 3.07. The van der Waals surface area contributed by atoms with Crippen LogP contribution in [0.4, 0.5) is 0 Å². The van der Waals surface area contributed by atoms with Gasteiger partial charge in [0.2, 0.25) is 5.91 Å². The highest BCUT2D eigenvalue weighted by Gasteiger charge is 2.21. The number of nitrogens with one attached hydrogen (secondary N) is 2. The lowest BCUT2D eigenvalue weighted by Gasteiger charge is -2.25. The van der Waals surface area contributed by atoms with Crippen LogP contribution < -0.4 is 10.6 Å². The summed E-state index contributed by atoms with van der Waals surface area (Å²) in [7, 11) is 4.03. The van der Waals surface area contributed by atoms with Crippen LogP contribution in [0, 0.1) is 5.92 Å². The molecule has 1 aliphatic carbocycles. The lowest BCUT2D eigenvalue weighted by atomic mass is 9.89. The van der Waals surface area contributed by atoms with Crippen molar-refractivity contribution in [3.8, 4) is 0 Å². The Bertz CT molecular complexity index is 453. The summed E-state index contributed by atoms with van der Waals surface area (Å²) >= 11 is 0. The van der Waals surface area contributed by atoms with Crippen molar-refractivity contribution in [2.45, 2.75) is 51.1 Å². The van der Waals surface area contributed by atoms with Gasteiger partial charge in [0.05, 0.1) is 18.3 Å². The number of carbonyl (C=O) groups is 1. The fraction of sp³-hybridized carbons (Fsp3) is 0.722. The Morgan fingerprint density at radius 2 is 2.09 bits per heavy atom. The van der Waals surface area contributed by atoms with Crippen LogP contribution in [0.5, 0.6) is 0 Å². The summed E-state index contributed by atoms with van der Waals surface area (Å²) in [5.74, 6) is 1.67. The molecule has 2 N–H and O–H groups in total. The summed E-state index contributed by atoms with van der Waals surface area (Å²) in [5.41, 5.74) is 0. The van der Waals surface area contributed by atoms with Crippen LogP contribution in [0.25, 0.3) is 0 Å². The molecule has 0 saturated heterocycles. The van der Waals surface area contributed by atoms with Crippen LogP contribution in [-0.2, 0) is 4.79 Å². The molecule has 0 aliphatic heterocycles. The smallest absolute Gasteiger partial charge is 0.236 e. The lowest BCUT2D eigenvalue weighted by molar-refractivity contribution is -0.123. The molecule has 2 unspecified atom stereocenters. The Balaban J connectivity index is 1.74. The maximum absolute atomic E-state index is 12.2. The van der Waals surface area contributed by atoms with E-state index in [0.29, 0.717) is 12.5 Å². The molecule has 1 aromatic heterocycles. The van der Waals surface area contributed by atoms with Crippen LogP contribution in [0.3, 0.4) is 0 Å². The summed E-state index contributed by atoms with van der Waals surface area (Å²) < 4.78 is 5.49. The van der Waals surface area contributed by atoms with E-state index in [1.54, 1.807) is 6.26 Å². The molecular weight excluding hydrogens is 290 g/mol. The van der Waals surface area contributed by atoms with Crippen molar-refractivity contribution in [3.63, 3.8) is 0 Å². The third-order valence-corrected chi connectivity index (χ3v) is 4.80. The van der Waals surface area contributed by atoms with Gasteiger partial charge in [0, 0.05) is 13.1 Å². The number of likely N-dealkylation sites (N-methyl/N-ethyl adjacent to an activating group) is 1. The number of hydrogen-bond acceptors (Lipinski definition) is 4. The van der Waals surface area contributed by atoms with Gasteiger partial charge in [-0.15, -0.1) is 0 Å². The topological polar surface area (TPSA) is 57.5 Å². The van der Waals surface area contributed by atoms with Crippen molar-refractivity contribution >= 4 is 5.91 Å². The van der Waals surface area contributed by atoms with E-state index in [1.165, 1.54) is 32.1 Å². The molecule has 1 amide bonds. The van der Waals surface area contributed by atoms with Gasteiger partial charge in [-0.3, -0.25) is 9.69 Å². The van der Waals surface area contributed by atoms with Gasteiger partial charge in [-0.2, -0.15) is 0 Å². The van der Waals surface area contributed by atoms with Gasteiger partial charge in [0.1, 0.15) is 5.76 Å². The Morgan fingerprint density at radius 3 is 2.70 bits per heavy atom. The fourth-order valence-corrected chi connectivity index (χ4v) is 3.19. The van der Waals surface area contributed by atoms with E-state index in [2.05, 4.69) is 15.5 Å². The largest absolute Gasteiger partial charge is 0.468 e. The Labute approximate surface area is 139 Å². The van der Waals surface area contributed by atoms with E-state index in [4.69, 9.17) is 4.42 Å². The van der Waals surface area contributed by atoms with Crippen molar-refractivity contribution < 1.29 is 9.21 Å². The number of carbonyl (C=O) groups excluding carboxylic acids is 1. The molecule has 0 aromatic carbocycles. The minimum Gasteiger partial charge on any atom is -0.468 e. The molecular formula is C18H31N3O2.